The summed E-state index contributed by atoms with van der Waals surface area (Å²) >= 11 is 1.37. The van der Waals surface area contributed by atoms with E-state index in [0.717, 1.165) is 16.2 Å². The first-order valence-corrected chi connectivity index (χ1v) is 8.44. The first-order chi connectivity index (χ1) is 11.7. The smallest absolute Gasteiger partial charge is 0.234 e. The van der Waals surface area contributed by atoms with E-state index >= 15 is 0 Å². The quantitative estimate of drug-likeness (QED) is 0.712. The summed E-state index contributed by atoms with van der Waals surface area (Å²) in [6.45, 7) is 2.25. The molecular formula is C17H15N3O3S. The zero-order valence-electron chi connectivity index (χ0n) is 13.0. The minimum atomic E-state index is -0.101. The van der Waals surface area contributed by atoms with Crippen molar-refractivity contribution in [2.75, 3.05) is 17.9 Å². The van der Waals surface area contributed by atoms with Crippen LogP contribution in [0.4, 0.5) is 5.69 Å². The molecule has 0 unspecified atom stereocenters. The average molecular weight is 341 g/mol. The number of aromatic amines is 1. The van der Waals surface area contributed by atoms with E-state index < -0.39 is 0 Å². The second kappa shape index (κ2) is 6.09. The lowest BCUT2D eigenvalue weighted by Crippen LogP contribution is -2.14. The summed E-state index contributed by atoms with van der Waals surface area (Å²) in [6, 6.07) is 11.4. The minimum absolute atomic E-state index is 0.101. The molecule has 0 spiro atoms. The molecule has 1 aliphatic heterocycles. The van der Waals surface area contributed by atoms with Gasteiger partial charge in [0, 0.05) is 11.8 Å². The van der Waals surface area contributed by atoms with Crippen LogP contribution in [0.2, 0.25) is 0 Å². The highest BCUT2D eigenvalue weighted by atomic mass is 32.2. The molecular weight excluding hydrogens is 326 g/mol. The number of aryl methyl sites for hydroxylation is 1. The Hall–Kier alpha value is -2.67. The maximum Gasteiger partial charge on any atom is 0.234 e. The number of rotatable bonds is 4. The van der Waals surface area contributed by atoms with Gasteiger partial charge in [-0.3, -0.25) is 4.79 Å². The first kappa shape index (κ1) is 14.9. The molecule has 24 heavy (non-hydrogen) atoms. The molecule has 1 aliphatic rings. The molecule has 0 fully saturated rings. The second-order valence-corrected chi connectivity index (χ2v) is 6.43. The fourth-order valence-electron chi connectivity index (χ4n) is 2.47. The number of thioether (sulfide) groups is 1. The van der Waals surface area contributed by atoms with E-state index in [1.54, 1.807) is 18.2 Å². The van der Waals surface area contributed by atoms with Crippen LogP contribution in [0.15, 0.2) is 41.6 Å². The summed E-state index contributed by atoms with van der Waals surface area (Å²) in [5.41, 5.74) is 3.74. The van der Waals surface area contributed by atoms with Crippen molar-refractivity contribution in [2.24, 2.45) is 0 Å². The van der Waals surface area contributed by atoms with Crippen molar-refractivity contribution in [3.8, 4) is 11.5 Å². The molecule has 7 heteroatoms. The number of nitrogens with zero attached hydrogens (tertiary/aromatic N) is 1. The van der Waals surface area contributed by atoms with E-state index in [4.69, 9.17) is 9.47 Å². The number of carbonyl (C=O) groups is 1. The number of benzene rings is 2. The highest BCUT2D eigenvalue weighted by molar-refractivity contribution is 7.99. The molecule has 6 nitrogen and oxygen atoms in total. The third kappa shape index (κ3) is 3.03. The van der Waals surface area contributed by atoms with Crippen molar-refractivity contribution in [3.63, 3.8) is 0 Å². The average Bonchev–Trinajstić information content (AvgIpc) is 3.18. The van der Waals surface area contributed by atoms with E-state index in [1.165, 1.54) is 17.3 Å². The summed E-state index contributed by atoms with van der Waals surface area (Å²) in [4.78, 5) is 19.8. The van der Waals surface area contributed by atoms with Crippen molar-refractivity contribution in [1.29, 1.82) is 0 Å². The number of aromatic nitrogens is 2. The molecule has 3 aromatic rings. The Balaban J connectivity index is 1.39. The number of hydrogen-bond donors (Lipinski definition) is 2. The number of amides is 1. The maximum absolute atomic E-state index is 12.1. The Morgan fingerprint density at radius 2 is 2.12 bits per heavy atom. The van der Waals surface area contributed by atoms with Gasteiger partial charge in [-0.15, -0.1) is 0 Å². The molecule has 2 N–H and O–H groups in total. The summed E-state index contributed by atoms with van der Waals surface area (Å²) in [5.74, 6) is 1.51. The highest BCUT2D eigenvalue weighted by Crippen LogP contribution is 2.34. The highest BCUT2D eigenvalue weighted by Gasteiger charge is 2.14. The van der Waals surface area contributed by atoms with E-state index in [1.807, 2.05) is 25.1 Å². The molecule has 0 atom stereocenters. The summed E-state index contributed by atoms with van der Waals surface area (Å²) in [6.07, 6.45) is 0. The molecule has 4 rings (SSSR count). The van der Waals surface area contributed by atoms with Crippen LogP contribution < -0.4 is 14.8 Å². The molecule has 0 saturated heterocycles. The van der Waals surface area contributed by atoms with E-state index in [2.05, 4.69) is 15.3 Å². The van der Waals surface area contributed by atoms with E-state index in [0.29, 0.717) is 17.2 Å². The number of hydrogen-bond acceptors (Lipinski definition) is 5. The van der Waals surface area contributed by atoms with Crippen molar-refractivity contribution < 1.29 is 14.3 Å². The Kier molecular flexibility index (Phi) is 3.78. The second-order valence-electron chi connectivity index (χ2n) is 5.47. The third-order valence-corrected chi connectivity index (χ3v) is 4.49. The number of imidazole rings is 1. The Labute approximate surface area is 142 Å². The molecule has 2 aromatic carbocycles. The zero-order valence-corrected chi connectivity index (χ0v) is 13.8. The van der Waals surface area contributed by atoms with Gasteiger partial charge >= 0.3 is 0 Å². The summed E-state index contributed by atoms with van der Waals surface area (Å²) in [7, 11) is 0. The number of carbonyl (C=O) groups excluding carboxylic acids is 1. The standard InChI is InChI=1S/C17H15N3O3S/c1-10-2-4-12-13(6-10)20-17(19-12)24-8-16(21)18-11-3-5-14-15(7-11)23-9-22-14/h2-7H,8-9H2,1H3,(H,18,21)(H,19,20). The SMILES string of the molecule is Cc1ccc2nc(SCC(=O)Nc3ccc4c(c3)OCO4)[nH]c2c1. The number of ether oxygens (including phenoxy) is 2. The fraction of sp³-hybridized carbons (Fsp3) is 0.176. The number of H-pyrrole nitrogens is 1. The largest absolute Gasteiger partial charge is 0.454 e. The third-order valence-electron chi connectivity index (χ3n) is 3.61. The predicted molar refractivity (Wildman–Crippen MR) is 92.7 cm³/mol. The van der Waals surface area contributed by atoms with Crippen LogP contribution in [0.25, 0.3) is 11.0 Å². The predicted octanol–water partition coefficient (Wildman–Crippen LogP) is 3.33. The van der Waals surface area contributed by atoms with Crippen molar-refractivity contribution in [1.82, 2.24) is 9.97 Å². The number of anilines is 1. The topological polar surface area (TPSA) is 76.2 Å². The molecule has 2 heterocycles. The van der Waals surface area contributed by atoms with Crippen LogP contribution in [0.1, 0.15) is 5.56 Å². The molecule has 0 bridgehead atoms. The van der Waals surface area contributed by atoms with Gasteiger partial charge in [0.2, 0.25) is 12.7 Å². The fourth-order valence-corrected chi connectivity index (χ4v) is 3.16. The maximum atomic E-state index is 12.1. The van der Waals surface area contributed by atoms with Gasteiger partial charge in [-0.1, -0.05) is 17.8 Å². The van der Waals surface area contributed by atoms with Gasteiger partial charge in [0.1, 0.15) is 0 Å². The molecule has 1 aromatic heterocycles. The van der Waals surface area contributed by atoms with Gasteiger partial charge in [-0.05, 0) is 36.8 Å². The van der Waals surface area contributed by atoms with Gasteiger partial charge in [-0.2, -0.15) is 0 Å². The monoisotopic (exact) mass is 341 g/mol. The van der Waals surface area contributed by atoms with Crippen molar-refractivity contribution >= 4 is 34.4 Å². The first-order valence-electron chi connectivity index (χ1n) is 7.46. The molecule has 122 valence electrons. The van der Waals surface area contributed by atoms with E-state index in [-0.39, 0.29) is 18.5 Å². The number of fused-ring (bicyclic) bond motifs is 2. The van der Waals surface area contributed by atoms with Gasteiger partial charge in [0.25, 0.3) is 0 Å². The van der Waals surface area contributed by atoms with Gasteiger partial charge < -0.3 is 19.8 Å². The van der Waals surface area contributed by atoms with Crippen LogP contribution in [-0.2, 0) is 4.79 Å². The van der Waals surface area contributed by atoms with Crippen LogP contribution in [0.5, 0.6) is 11.5 Å². The lowest BCUT2D eigenvalue weighted by Gasteiger charge is -2.05. The van der Waals surface area contributed by atoms with Crippen LogP contribution in [0, 0.1) is 6.92 Å². The zero-order chi connectivity index (χ0) is 16.5. The van der Waals surface area contributed by atoms with Crippen molar-refractivity contribution in [3.05, 3.63) is 42.0 Å². The lowest BCUT2D eigenvalue weighted by molar-refractivity contribution is -0.113. The van der Waals surface area contributed by atoms with Crippen LogP contribution >= 0.6 is 11.8 Å². The lowest BCUT2D eigenvalue weighted by atomic mass is 10.2. The Bertz CT molecular complexity index is 923. The van der Waals surface area contributed by atoms with Crippen LogP contribution in [0.3, 0.4) is 0 Å². The Morgan fingerprint density at radius 3 is 3.04 bits per heavy atom. The minimum Gasteiger partial charge on any atom is -0.454 e. The van der Waals surface area contributed by atoms with Gasteiger partial charge in [0.05, 0.1) is 16.8 Å². The molecule has 0 saturated carbocycles. The van der Waals surface area contributed by atoms with Crippen molar-refractivity contribution in [2.45, 2.75) is 12.1 Å². The molecule has 0 aliphatic carbocycles. The van der Waals surface area contributed by atoms with Gasteiger partial charge in [-0.25, -0.2) is 4.98 Å². The van der Waals surface area contributed by atoms with Crippen LogP contribution in [-0.4, -0.2) is 28.4 Å². The number of nitrogens with one attached hydrogen (secondary N) is 2. The summed E-state index contributed by atoms with van der Waals surface area (Å²) < 4.78 is 10.5. The summed E-state index contributed by atoms with van der Waals surface area (Å²) in [5, 5.41) is 3.58. The van der Waals surface area contributed by atoms with E-state index in [9.17, 15) is 4.79 Å². The normalized spacial score (nSPS) is 12.5. The Morgan fingerprint density at radius 1 is 1.25 bits per heavy atom. The van der Waals surface area contributed by atoms with Gasteiger partial charge in [0.15, 0.2) is 16.7 Å². The molecule has 1 amide bonds. The molecule has 0 radical (unpaired) electrons.